The molecule has 29 heavy (non-hydrogen) atoms. The first-order chi connectivity index (χ1) is 14.1. The fourth-order valence-corrected chi connectivity index (χ4v) is 3.06. The summed E-state index contributed by atoms with van der Waals surface area (Å²) in [6.07, 6.45) is 1.46. The van der Waals surface area contributed by atoms with Crippen LogP contribution in [0.1, 0.15) is 10.4 Å². The van der Waals surface area contributed by atoms with Crippen molar-refractivity contribution in [3.05, 3.63) is 64.5 Å². The van der Waals surface area contributed by atoms with E-state index in [-0.39, 0.29) is 11.3 Å². The summed E-state index contributed by atoms with van der Waals surface area (Å²) in [5.41, 5.74) is 1.87. The molecule has 148 valence electrons. The zero-order chi connectivity index (χ0) is 20.2. The van der Waals surface area contributed by atoms with Crippen molar-refractivity contribution < 1.29 is 14.5 Å². The van der Waals surface area contributed by atoms with Crippen molar-refractivity contribution in [3.63, 3.8) is 0 Å². The number of morpholine rings is 1. The van der Waals surface area contributed by atoms with Gasteiger partial charge < -0.3 is 15.0 Å². The number of ether oxygens (including phenoxy) is 1. The van der Waals surface area contributed by atoms with Gasteiger partial charge in [-0.05, 0) is 46.8 Å². The summed E-state index contributed by atoms with van der Waals surface area (Å²) in [6, 6.07) is 11.4. The lowest BCUT2D eigenvalue weighted by molar-refractivity contribution is -0.384. The standard InChI is InChI=1S/C18H17N7O4/c26-18(20-14-2-4-15(5-3-14)24-12-19-21-22-24)13-1-6-16(17(11-13)25(27)28)23-7-9-29-10-8-23/h1-6,11-12H,7-10H2,(H,20,26). The second-order valence-corrected chi connectivity index (χ2v) is 6.32. The molecule has 0 saturated carbocycles. The maximum absolute atomic E-state index is 12.6. The van der Waals surface area contributed by atoms with Crippen molar-refractivity contribution in [1.29, 1.82) is 0 Å². The maximum Gasteiger partial charge on any atom is 0.293 e. The van der Waals surface area contributed by atoms with Crippen LogP contribution in [0.5, 0.6) is 0 Å². The van der Waals surface area contributed by atoms with Gasteiger partial charge in [0, 0.05) is 30.4 Å². The van der Waals surface area contributed by atoms with Crippen molar-refractivity contribution in [2.75, 3.05) is 36.5 Å². The average molecular weight is 395 g/mol. The molecule has 0 bridgehead atoms. The number of hydrogen-bond donors (Lipinski definition) is 1. The number of amides is 1. The molecule has 0 aliphatic carbocycles. The summed E-state index contributed by atoms with van der Waals surface area (Å²) in [7, 11) is 0. The Morgan fingerprint density at radius 3 is 2.55 bits per heavy atom. The average Bonchev–Trinajstić information content (AvgIpc) is 3.29. The Bertz CT molecular complexity index is 1020. The molecule has 1 amide bonds. The second kappa shape index (κ2) is 8.02. The number of tetrazole rings is 1. The van der Waals surface area contributed by atoms with E-state index in [1.54, 1.807) is 36.4 Å². The molecule has 1 aliphatic rings. The van der Waals surface area contributed by atoms with E-state index in [9.17, 15) is 14.9 Å². The largest absolute Gasteiger partial charge is 0.378 e. The van der Waals surface area contributed by atoms with Crippen molar-refractivity contribution >= 4 is 23.0 Å². The molecule has 11 nitrogen and oxygen atoms in total. The molecule has 4 rings (SSSR count). The van der Waals surface area contributed by atoms with Gasteiger partial charge in [-0.2, -0.15) is 0 Å². The van der Waals surface area contributed by atoms with Gasteiger partial charge in [0.1, 0.15) is 12.0 Å². The molecule has 11 heteroatoms. The third kappa shape index (κ3) is 4.04. The van der Waals surface area contributed by atoms with E-state index < -0.39 is 10.8 Å². The van der Waals surface area contributed by atoms with Crippen LogP contribution < -0.4 is 10.2 Å². The molecule has 3 aromatic rings. The van der Waals surface area contributed by atoms with E-state index in [1.165, 1.54) is 17.1 Å². The summed E-state index contributed by atoms with van der Waals surface area (Å²) in [5.74, 6) is -0.434. The Hall–Kier alpha value is -3.86. The summed E-state index contributed by atoms with van der Waals surface area (Å²) < 4.78 is 6.78. The van der Waals surface area contributed by atoms with E-state index in [1.807, 2.05) is 4.90 Å². The van der Waals surface area contributed by atoms with E-state index in [0.29, 0.717) is 37.7 Å². The van der Waals surface area contributed by atoms with Crippen molar-refractivity contribution in [1.82, 2.24) is 20.2 Å². The van der Waals surface area contributed by atoms with Gasteiger partial charge in [-0.25, -0.2) is 4.68 Å². The Morgan fingerprint density at radius 1 is 1.14 bits per heavy atom. The number of carbonyl (C=O) groups is 1. The van der Waals surface area contributed by atoms with Crippen LogP contribution in [-0.4, -0.2) is 57.3 Å². The maximum atomic E-state index is 12.6. The van der Waals surface area contributed by atoms with Crippen LogP contribution in [0.4, 0.5) is 17.1 Å². The third-order valence-corrected chi connectivity index (χ3v) is 4.52. The van der Waals surface area contributed by atoms with Crippen LogP contribution in [0.3, 0.4) is 0 Å². The minimum atomic E-state index is -0.470. The fourth-order valence-electron chi connectivity index (χ4n) is 3.06. The first-order valence-corrected chi connectivity index (χ1v) is 8.88. The van der Waals surface area contributed by atoms with Gasteiger partial charge in [0.2, 0.25) is 0 Å². The Morgan fingerprint density at radius 2 is 1.90 bits per heavy atom. The molecule has 1 aliphatic heterocycles. The van der Waals surface area contributed by atoms with E-state index >= 15 is 0 Å². The number of hydrogen-bond acceptors (Lipinski definition) is 8. The minimum Gasteiger partial charge on any atom is -0.378 e. The number of carbonyl (C=O) groups excluding carboxylic acids is 1. The van der Waals surface area contributed by atoms with E-state index in [4.69, 9.17) is 4.74 Å². The number of rotatable bonds is 5. The first kappa shape index (κ1) is 18.5. The van der Waals surface area contributed by atoms with Crippen LogP contribution >= 0.6 is 0 Å². The highest BCUT2D eigenvalue weighted by Crippen LogP contribution is 2.30. The number of nitro benzene ring substituents is 1. The Labute approximate surface area is 165 Å². The predicted octanol–water partition coefficient (Wildman–Crippen LogP) is 1.66. The molecular weight excluding hydrogens is 378 g/mol. The number of aromatic nitrogens is 4. The van der Waals surface area contributed by atoms with Crippen molar-refractivity contribution in [2.24, 2.45) is 0 Å². The lowest BCUT2D eigenvalue weighted by atomic mass is 10.1. The highest BCUT2D eigenvalue weighted by molar-refractivity contribution is 6.05. The molecule has 0 spiro atoms. The smallest absolute Gasteiger partial charge is 0.293 e. The van der Waals surface area contributed by atoms with Crippen LogP contribution in [0.2, 0.25) is 0 Å². The lowest BCUT2D eigenvalue weighted by Crippen LogP contribution is -2.36. The zero-order valence-corrected chi connectivity index (χ0v) is 15.3. The minimum absolute atomic E-state index is 0.103. The molecule has 1 saturated heterocycles. The quantitative estimate of drug-likeness (QED) is 0.510. The molecular formula is C18H17N7O4. The van der Waals surface area contributed by atoms with Gasteiger partial charge in [0.25, 0.3) is 11.6 Å². The molecule has 1 aromatic heterocycles. The Balaban J connectivity index is 1.52. The molecule has 2 heterocycles. The molecule has 0 atom stereocenters. The zero-order valence-electron chi connectivity index (χ0n) is 15.3. The third-order valence-electron chi connectivity index (χ3n) is 4.52. The van der Waals surface area contributed by atoms with Gasteiger partial charge >= 0.3 is 0 Å². The van der Waals surface area contributed by atoms with Gasteiger partial charge in [-0.15, -0.1) is 5.10 Å². The van der Waals surface area contributed by atoms with E-state index in [2.05, 4.69) is 20.8 Å². The molecule has 0 radical (unpaired) electrons. The number of nitro groups is 1. The summed E-state index contributed by atoms with van der Waals surface area (Å²) >= 11 is 0. The van der Waals surface area contributed by atoms with E-state index in [0.717, 1.165) is 5.69 Å². The topological polar surface area (TPSA) is 128 Å². The second-order valence-electron chi connectivity index (χ2n) is 6.32. The normalized spacial score (nSPS) is 13.9. The van der Waals surface area contributed by atoms with Gasteiger partial charge in [0.15, 0.2) is 0 Å². The number of benzene rings is 2. The molecule has 1 N–H and O–H groups in total. The summed E-state index contributed by atoms with van der Waals surface area (Å²) in [4.78, 5) is 25.6. The van der Waals surface area contributed by atoms with Crippen LogP contribution in [0.15, 0.2) is 48.8 Å². The van der Waals surface area contributed by atoms with Crippen LogP contribution in [0.25, 0.3) is 5.69 Å². The summed E-state index contributed by atoms with van der Waals surface area (Å²) in [5, 5.41) is 25.2. The van der Waals surface area contributed by atoms with Crippen LogP contribution in [-0.2, 0) is 4.74 Å². The van der Waals surface area contributed by atoms with Gasteiger partial charge in [0.05, 0.1) is 23.8 Å². The number of anilines is 2. The Kier molecular flexibility index (Phi) is 5.12. The monoisotopic (exact) mass is 395 g/mol. The summed E-state index contributed by atoms with van der Waals surface area (Å²) in [6.45, 7) is 2.17. The predicted molar refractivity (Wildman–Crippen MR) is 103 cm³/mol. The van der Waals surface area contributed by atoms with Gasteiger partial charge in [-0.1, -0.05) is 0 Å². The van der Waals surface area contributed by atoms with Gasteiger partial charge in [-0.3, -0.25) is 14.9 Å². The van der Waals surface area contributed by atoms with Crippen molar-refractivity contribution in [2.45, 2.75) is 0 Å². The molecule has 2 aromatic carbocycles. The number of nitrogens with zero attached hydrogens (tertiary/aromatic N) is 6. The lowest BCUT2D eigenvalue weighted by Gasteiger charge is -2.28. The van der Waals surface area contributed by atoms with Crippen molar-refractivity contribution in [3.8, 4) is 5.69 Å². The SMILES string of the molecule is O=C(Nc1ccc(-n2cnnn2)cc1)c1ccc(N2CCOCC2)c([N+](=O)[O-])c1. The highest BCUT2D eigenvalue weighted by Gasteiger charge is 2.23. The molecule has 0 unspecified atom stereocenters. The van der Waals surface area contributed by atoms with Crippen LogP contribution in [0, 0.1) is 10.1 Å². The number of nitrogens with one attached hydrogen (secondary N) is 1. The molecule has 1 fully saturated rings. The fraction of sp³-hybridized carbons (Fsp3) is 0.222. The first-order valence-electron chi connectivity index (χ1n) is 8.88. The highest BCUT2D eigenvalue weighted by atomic mass is 16.6.